The van der Waals surface area contributed by atoms with Crippen molar-refractivity contribution in [3.8, 4) is 5.69 Å². The highest BCUT2D eigenvalue weighted by molar-refractivity contribution is 9.10. The lowest BCUT2D eigenvalue weighted by Gasteiger charge is -2.07. The van der Waals surface area contributed by atoms with Crippen LogP contribution in [0.4, 0.5) is 5.82 Å². The number of fused-ring (bicyclic) bond motifs is 1. The van der Waals surface area contributed by atoms with Crippen LogP contribution >= 0.6 is 15.9 Å². The number of hydrogen-bond donors (Lipinski definition) is 1. The summed E-state index contributed by atoms with van der Waals surface area (Å²) < 4.78 is 2.70. The molecule has 1 aromatic carbocycles. The predicted molar refractivity (Wildman–Crippen MR) is 80.5 cm³/mol. The highest BCUT2D eigenvalue weighted by Gasteiger charge is 2.13. The largest absolute Gasteiger partial charge is 0.382 e. The number of pyridine rings is 1. The molecule has 2 aromatic heterocycles. The summed E-state index contributed by atoms with van der Waals surface area (Å²) >= 11 is 3.40. The Morgan fingerprint density at radius 2 is 2.00 bits per heavy atom. The zero-order chi connectivity index (χ0) is 13.6. The number of aromatic nitrogens is 3. The summed E-state index contributed by atoms with van der Waals surface area (Å²) in [6.45, 7) is 4.11. The number of halogens is 1. The lowest BCUT2D eigenvalue weighted by molar-refractivity contribution is 0.893. The molecule has 0 radical (unpaired) electrons. The second-order valence-corrected chi connectivity index (χ2v) is 5.53. The standard InChI is InChI=1S/C14H13BrN4/c1-8-3-4-9(2)12(5-8)19-14-11(13(16)18-19)6-10(15)7-17-14/h3-7H,1-2H3,(H2,16,18). The third-order valence-electron chi connectivity index (χ3n) is 3.11. The number of benzene rings is 1. The van der Waals surface area contributed by atoms with E-state index in [1.54, 1.807) is 10.9 Å². The Morgan fingerprint density at radius 1 is 1.21 bits per heavy atom. The van der Waals surface area contributed by atoms with Crippen LogP contribution in [0.15, 0.2) is 34.9 Å². The zero-order valence-electron chi connectivity index (χ0n) is 10.7. The summed E-state index contributed by atoms with van der Waals surface area (Å²) in [6, 6.07) is 8.18. The fourth-order valence-corrected chi connectivity index (χ4v) is 2.45. The molecule has 96 valence electrons. The van der Waals surface area contributed by atoms with Crippen LogP contribution in [0.2, 0.25) is 0 Å². The minimum Gasteiger partial charge on any atom is -0.382 e. The van der Waals surface area contributed by atoms with E-state index in [1.165, 1.54) is 5.56 Å². The minimum atomic E-state index is 0.490. The highest BCUT2D eigenvalue weighted by atomic mass is 79.9. The molecule has 5 heteroatoms. The van der Waals surface area contributed by atoms with Crippen molar-refractivity contribution in [2.45, 2.75) is 13.8 Å². The molecule has 0 aliphatic carbocycles. The van der Waals surface area contributed by atoms with Gasteiger partial charge in [0.2, 0.25) is 0 Å². The van der Waals surface area contributed by atoms with Crippen LogP contribution in [0, 0.1) is 13.8 Å². The fraction of sp³-hybridized carbons (Fsp3) is 0.143. The molecule has 0 atom stereocenters. The molecular weight excluding hydrogens is 304 g/mol. The van der Waals surface area contributed by atoms with Gasteiger partial charge in [0.15, 0.2) is 11.5 Å². The second kappa shape index (κ2) is 4.35. The van der Waals surface area contributed by atoms with E-state index in [0.29, 0.717) is 5.82 Å². The Balaban J connectivity index is 2.34. The Bertz CT molecular complexity index is 776. The van der Waals surface area contributed by atoms with Crippen LogP contribution in [-0.4, -0.2) is 14.8 Å². The van der Waals surface area contributed by atoms with Crippen molar-refractivity contribution in [1.29, 1.82) is 0 Å². The van der Waals surface area contributed by atoms with Crippen molar-refractivity contribution in [2.24, 2.45) is 0 Å². The van der Waals surface area contributed by atoms with E-state index in [0.717, 1.165) is 26.8 Å². The van der Waals surface area contributed by atoms with Gasteiger partial charge in [0.1, 0.15) is 0 Å². The number of nitrogen functional groups attached to an aromatic ring is 1. The van der Waals surface area contributed by atoms with Crippen molar-refractivity contribution in [1.82, 2.24) is 14.8 Å². The quantitative estimate of drug-likeness (QED) is 0.748. The average molecular weight is 317 g/mol. The van der Waals surface area contributed by atoms with Crippen molar-refractivity contribution < 1.29 is 0 Å². The topological polar surface area (TPSA) is 56.7 Å². The summed E-state index contributed by atoms with van der Waals surface area (Å²) in [5.74, 6) is 0.490. The molecule has 0 saturated carbocycles. The highest BCUT2D eigenvalue weighted by Crippen LogP contribution is 2.26. The van der Waals surface area contributed by atoms with Crippen molar-refractivity contribution in [3.63, 3.8) is 0 Å². The van der Waals surface area contributed by atoms with Gasteiger partial charge in [0.25, 0.3) is 0 Å². The lowest BCUT2D eigenvalue weighted by atomic mass is 10.1. The summed E-state index contributed by atoms with van der Waals surface area (Å²) in [6.07, 6.45) is 1.76. The first-order valence-electron chi connectivity index (χ1n) is 5.93. The van der Waals surface area contributed by atoms with Crippen LogP contribution in [0.3, 0.4) is 0 Å². The lowest BCUT2D eigenvalue weighted by Crippen LogP contribution is -2.01. The first-order chi connectivity index (χ1) is 9.06. The van der Waals surface area contributed by atoms with E-state index in [-0.39, 0.29) is 0 Å². The molecule has 0 aliphatic heterocycles. The van der Waals surface area contributed by atoms with Crippen LogP contribution < -0.4 is 5.73 Å². The first-order valence-corrected chi connectivity index (χ1v) is 6.73. The van der Waals surface area contributed by atoms with Gasteiger partial charge in [-0.2, -0.15) is 0 Å². The maximum absolute atomic E-state index is 5.98. The van der Waals surface area contributed by atoms with E-state index >= 15 is 0 Å². The molecule has 0 fully saturated rings. The van der Waals surface area contributed by atoms with Crippen LogP contribution in [0.1, 0.15) is 11.1 Å². The molecule has 19 heavy (non-hydrogen) atoms. The van der Waals surface area contributed by atoms with E-state index in [9.17, 15) is 0 Å². The molecule has 0 saturated heterocycles. The van der Waals surface area contributed by atoms with Gasteiger partial charge in [-0.1, -0.05) is 12.1 Å². The van der Waals surface area contributed by atoms with Crippen LogP contribution in [0.25, 0.3) is 16.7 Å². The third kappa shape index (κ3) is 2.00. The van der Waals surface area contributed by atoms with Crippen molar-refractivity contribution >= 4 is 32.8 Å². The number of rotatable bonds is 1. The summed E-state index contributed by atoms with van der Waals surface area (Å²) in [7, 11) is 0. The Morgan fingerprint density at radius 3 is 2.79 bits per heavy atom. The number of anilines is 1. The van der Waals surface area contributed by atoms with Gasteiger partial charge in [-0.15, -0.1) is 5.10 Å². The third-order valence-corrected chi connectivity index (χ3v) is 3.54. The zero-order valence-corrected chi connectivity index (χ0v) is 12.3. The summed E-state index contributed by atoms with van der Waals surface area (Å²) in [5, 5.41) is 5.27. The Labute approximate surface area is 119 Å². The van der Waals surface area contributed by atoms with E-state index in [1.807, 2.05) is 6.07 Å². The van der Waals surface area contributed by atoms with Gasteiger partial charge in [-0.3, -0.25) is 0 Å². The molecule has 2 heterocycles. The summed E-state index contributed by atoms with van der Waals surface area (Å²) in [5.41, 5.74) is 10.1. The molecule has 0 spiro atoms. The van der Waals surface area contributed by atoms with Gasteiger partial charge < -0.3 is 5.73 Å². The number of nitrogens with zero attached hydrogens (tertiary/aromatic N) is 3. The van der Waals surface area contributed by atoms with E-state index in [2.05, 4.69) is 58.1 Å². The van der Waals surface area contributed by atoms with Gasteiger partial charge in [-0.05, 0) is 53.0 Å². The van der Waals surface area contributed by atoms with Gasteiger partial charge in [0.05, 0.1) is 11.1 Å². The van der Waals surface area contributed by atoms with Crippen LogP contribution in [0.5, 0.6) is 0 Å². The number of aryl methyl sites for hydroxylation is 2. The second-order valence-electron chi connectivity index (χ2n) is 4.61. The SMILES string of the molecule is Cc1ccc(C)c(-n2nc(N)c3cc(Br)cnc32)c1. The maximum atomic E-state index is 5.98. The normalized spacial score (nSPS) is 11.1. The summed E-state index contributed by atoms with van der Waals surface area (Å²) in [4.78, 5) is 4.42. The van der Waals surface area contributed by atoms with Crippen LogP contribution in [-0.2, 0) is 0 Å². The molecular formula is C14H13BrN4. The van der Waals surface area contributed by atoms with Gasteiger partial charge in [-0.25, -0.2) is 9.67 Å². The van der Waals surface area contributed by atoms with Gasteiger partial charge in [0, 0.05) is 10.7 Å². The van der Waals surface area contributed by atoms with Crippen molar-refractivity contribution in [2.75, 3.05) is 5.73 Å². The molecule has 0 amide bonds. The monoisotopic (exact) mass is 316 g/mol. The number of nitrogens with two attached hydrogens (primary N) is 1. The smallest absolute Gasteiger partial charge is 0.165 e. The van der Waals surface area contributed by atoms with Crippen molar-refractivity contribution in [3.05, 3.63) is 46.1 Å². The van der Waals surface area contributed by atoms with E-state index < -0.39 is 0 Å². The average Bonchev–Trinajstić information content (AvgIpc) is 2.69. The molecule has 3 rings (SSSR count). The number of hydrogen-bond acceptors (Lipinski definition) is 3. The van der Waals surface area contributed by atoms with Gasteiger partial charge >= 0.3 is 0 Å². The Kier molecular flexibility index (Phi) is 2.78. The minimum absolute atomic E-state index is 0.490. The molecule has 0 unspecified atom stereocenters. The molecule has 3 aromatic rings. The predicted octanol–water partition coefficient (Wildman–Crippen LogP) is 3.38. The fourth-order valence-electron chi connectivity index (χ4n) is 2.11. The molecule has 0 aliphatic rings. The maximum Gasteiger partial charge on any atom is 0.165 e. The molecule has 4 nitrogen and oxygen atoms in total. The molecule has 2 N–H and O–H groups in total. The first kappa shape index (κ1) is 12.2. The van der Waals surface area contributed by atoms with E-state index in [4.69, 9.17) is 5.73 Å². The molecule has 0 bridgehead atoms. The Hall–Kier alpha value is -1.88.